The number of unbranched alkanes of at least 4 members (excludes halogenated alkanes) is 7. The van der Waals surface area contributed by atoms with Gasteiger partial charge in [0, 0.05) is 12.8 Å². The number of phenolic OH excluding ortho intramolecular Hbond substituents is 1. The number of benzene rings is 2. The van der Waals surface area contributed by atoms with Gasteiger partial charge in [-0.25, -0.2) is 0 Å². The number of hydrogen-bond acceptors (Lipinski definition) is 5. The number of rotatable bonds is 13. The Bertz CT molecular complexity index is 937. The summed E-state index contributed by atoms with van der Waals surface area (Å²) in [7, 11) is 0. The third-order valence-corrected chi connectivity index (χ3v) is 5.75. The second kappa shape index (κ2) is 12.4. The zero-order valence-corrected chi connectivity index (χ0v) is 19.2. The van der Waals surface area contributed by atoms with Crippen molar-refractivity contribution in [2.24, 2.45) is 0 Å². The maximum absolute atomic E-state index is 10.3. The van der Waals surface area contributed by atoms with E-state index in [1.54, 1.807) is 6.07 Å². The fraction of sp³-hybridized carbons (Fsp3) is 0.480. The predicted octanol–water partition coefficient (Wildman–Crippen LogP) is 6.54. The van der Waals surface area contributed by atoms with Crippen LogP contribution in [0.4, 0.5) is 0 Å². The zero-order chi connectivity index (χ0) is 21.9. The number of nitrogens with zero attached hydrogens (tertiary/aromatic N) is 3. The van der Waals surface area contributed by atoms with Gasteiger partial charge in [0.15, 0.2) is 5.05 Å². The lowest BCUT2D eigenvalue weighted by atomic mass is 10.1. The van der Waals surface area contributed by atoms with Crippen molar-refractivity contribution >= 4 is 28.3 Å². The molecule has 0 aliphatic carbocycles. The van der Waals surface area contributed by atoms with E-state index in [2.05, 4.69) is 17.1 Å². The first-order valence-electron chi connectivity index (χ1n) is 11.5. The highest BCUT2D eigenvalue weighted by molar-refractivity contribution is 7.80. The SMILES string of the molecule is CCCCCCCCCCC(=S)OCCc1ccc(O)c(-n2nc3ccccc3n2)c1. The molecule has 1 N–H and O–H groups in total. The van der Waals surface area contributed by atoms with Crippen molar-refractivity contribution in [2.45, 2.75) is 71.1 Å². The number of aromatic hydroxyl groups is 1. The Balaban J connectivity index is 1.41. The minimum atomic E-state index is 0.148. The quantitative estimate of drug-likeness (QED) is 0.242. The molecule has 5 nitrogen and oxygen atoms in total. The Morgan fingerprint density at radius 1 is 0.935 bits per heavy atom. The highest BCUT2D eigenvalue weighted by Crippen LogP contribution is 2.23. The Labute approximate surface area is 190 Å². The van der Waals surface area contributed by atoms with Crippen LogP contribution >= 0.6 is 12.2 Å². The molecular formula is C25H33N3O2S. The molecular weight excluding hydrogens is 406 g/mol. The van der Waals surface area contributed by atoms with Crippen LogP contribution in [0.15, 0.2) is 42.5 Å². The largest absolute Gasteiger partial charge is 0.506 e. The molecule has 31 heavy (non-hydrogen) atoms. The fourth-order valence-corrected chi connectivity index (χ4v) is 3.84. The molecule has 1 heterocycles. The van der Waals surface area contributed by atoms with Gasteiger partial charge < -0.3 is 9.84 Å². The topological polar surface area (TPSA) is 60.2 Å². The average Bonchev–Trinajstić information content (AvgIpc) is 3.21. The monoisotopic (exact) mass is 439 g/mol. The first kappa shape index (κ1) is 23.2. The summed E-state index contributed by atoms with van der Waals surface area (Å²) in [5.41, 5.74) is 3.20. The fourth-order valence-electron chi connectivity index (χ4n) is 3.61. The van der Waals surface area contributed by atoms with Gasteiger partial charge in [-0.2, -0.15) is 0 Å². The predicted molar refractivity (Wildman–Crippen MR) is 130 cm³/mol. The number of phenols is 1. The summed E-state index contributed by atoms with van der Waals surface area (Å²) < 4.78 is 5.76. The molecule has 0 atom stereocenters. The number of aromatic nitrogens is 3. The normalized spacial score (nSPS) is 11.1. The van der Waals surface area contributed by atoms with Crippen LogP contribution < -0.4 is 0 Å². The van der Waals surface area contributed by atoms with Crippen LogP contribution in [0.25, 0.3) is 16.7 Å². The van der Waals surface area contributed by atoms with Gasteiger partial charge in [0.1, 0.15) is 22.5 Å². The van der Waals surface area contributed by atoms with Crippen molar-refractivity contribution in [2.75, 3.05) is 6.61 Å². The summed E-state index contributed by atoms with van der Waals surface area (Å²) >= 11 is 5.38. The van der Waals surface area contributed by atoms with Crippen LogP contribution in [-0.2, 0) is 11.2 Å². The van der Waals surface area contributed by atoms with Gasteiger partial charge in [-0.15, -0.1) is 15.0 Å². The molecule has 166 valence electrons. The minimum absolute atomic E-state index is 0.148. The van der Waals surface area contributed by atoms with E-state index in [1.807, 2.05) is 36.4 Å². The lowest BCUT2D eigenvalue weighted by Crippen LogP contribution is -2.06. The van der Waals surface area contributed by atoms with Crippen molar-refractivity contribution in [1.82, 2.24) is 15.0 Å². The Morgan fingerprint density at radius 3 is 2.26 bits per heavy atom. The molecule has 0 aliphatic heterocycles. The molecule has 0 fully saturated rings. The van der Waals surface area contributed by atoms with Crippen molar-refractivity contribution < 1.29 is 9.84 Å². The van der Waals surface area contributed by atoms with Gasteiger partial charge >= 0.3 is 0 Å². The van der Waals surface area contributed by atoms with Crippen LogP contribution in [0.3, 0.4) is 0 Å². The van der Waals surface area contributed by atoms with E-state index in [1.165, 1.54) is 49.7 Å². The molecule has 0 aliphatic rings. The van der Waals surface area contributed by atoms with Crippen LogP contribution in [0.5, 0.6) is 5.75 Å². The second-order valence-electron chi connectivity index (χ2n) is 8.00. The second-order valence-corrected chi connectivity index (χ2v) is 8.45. The molecule has 0 spiro atoms. The van der Waals surface area contributed by atoms with E-state index >= 15 is 0 Å². The van der Waals surface area contributed by atoms with Crippen LogP contribution in [-0.4, -0.2) is 31.8 Å². The summed E-state index contributed by atoms with van der Waals surface area (Å²) in [6.45, 7) is 2.79. The van der Waals surface area contributed by atoms with E-state index in [4.69, 9.17) is 17.0 Å². The van der Waals surface area contributed by atoms with Crippen molar-refractivity contribution in [3.05, 3.63) is 48.0 Å². The third kappa shape index (κ3) is 7.31. The van der Waals surface area contributed by atoms with Gasteiger partial charge in [-0.1, -0.05) is 70.1 Å². The number of thiocarbonyl (C=S) groups is 1. The third-order valence-electron chi connectivity index (χ3n) is 5.43. The number of hydrogen-bond donors (Lipinski definition) is 1. The molecule has 0 unspecified atom stereocenters. The van der Waals surface area contributed by atoms with Gasteiger partial charge in [-0.3, -0.25) is 0 Å². The zero-order valence-electron chi connectivity index (χ0n) is 18.4. The molecule has 0 saturated carbocycles. The van der Waals surface area contributed by atoms with E-state index in [0.717, 1.165) is 29.4 Å². The first-order chi connectivity index (χ1) is 15.2. The van der Waals surface area contributed by atoms with E-state index in [9.17, 15) is 5.11 Å². The molecule has 1 aromatic heterocycles. The summed E-state index contributed by atoms with van der Waals surface area (Å²) in [5.74, 6) is 0.148. The van der Waals surface area contributed by atoms with Crippen LogP contribution in [0.2, 0.25) is 0 Å². The lowest BCUT2D eigenvalue weighted by molar-refractivity contribution is 0.307. The highest BCUT2D eigenvalue weighted by atomic mass is 32.1. The molecule has 0 saturated heterocycles. The molecule has 6 heteroatoms. The van der Waals surface area contributed by atoms with Crippen molar-refractivity contribution in [3.63, 3.8) is 0 Å². The molecule has 0 radical (unpaired) electrons. The lowest BCUT2D eigenvalue weighted by Gasteiger charge is -2.09. The van der Waals surface area contributed by atoms with E-state index in [0.29, 0.717) is 23.8 Å². The summed E-state index contributed by atoms with van der Waals surface area (Å²) in [4.78, 5) is 1.48. The summed E-state index contributed by atoms with van der Waals surface area (Å²) in [6, 6.07) is 13.1. The minimum Gasteiger partial charge on any atom is -0.506 e. The Kier molecular flexibility index (Phi) is 9.28. The summed E-state index contributed by atoms with van der Waals surface area (Å²) in [5, 5.41) is 19.9. The van der Waals surface area contributed by atoms with Crippen molar-refractivity contribution in [1.29, 1.82) is 0 Å². The Morgan fingerprint density at radius 2 is 1.58 bits per heavy atom. The van der Waals surface area contributed by atoms with E-state index < -0.39 is 0 Å². The summed E-state index contributed by atoms with van der Waals surface area (Å²) in [6.07, 6.45) is 11.9. The van der Waals surface area contributed by atoms with Gasteiger partial charge in [0.2, 0.25) is 0 Å². The standard InChI is InChI=1S/C25H33N3O2S/c1-2-3-4-5-6-7-8-9-14-25(31)30-18-17-20-15-16-24(29)23(19-20)28-26-21-12-10-11-13-22(21)27-28/h10-13,15-16,19,29H,2-9,14,17-18H2,1H3. The maximum Gasteiger partial charge on any atom is 0.159 e. The van der Waals surface area contributed by atoms with Gasteiger partial charge in [0.25, 0.3) is 0 Å². The van der Waals surface area contributed by atoms with E-state index in [-0.39, 0.29) is 5.75 Å². The van der Waals surface area contributed by atoms with Gasteiger partial charge in [-0.05, 0) is 48.5 Å². The Hall–Kier alpha value is -2.47. The van der Waals surface area contributed by atoms with Crippen LogP contribution in [0, 0.1) is 0 Å². The maximum atomic E-state index is 10.3. The van der Waals surface area contributed by atoms with Gasteiger partial charge in [0.05, 0.1) is 6.61 Å². The molecule has 3 aromatic rings. The number of fused-ring (bicyclic) bond motifs is 1. The first-order valence-corrected chi connectivity index (χ1v) is 11.9. The molecule has 2 aromatic carbocycles. The molecule has 0 bridgehead atoms. The molecule has 0 amide bonds. The van der Waals surface area contributed by atoms with Crippen LogP contribution in [0.1, 0.15) is 70.3 Å². The highest BCUT2D eigenvalue weighted by Gasteiger charge is 2.10. The molecule has 3 rings (SSSR count). The average molecular weight is 440 g/mol. The smallest absolute Gasteiger partial charge is 0.159 e. The van der Waals surface area contributed by atoms with Crippen molar-refractivity contribution in [3.8, 4) is 11.4 Å². The number of ether oxygens (including phenoxy) is 1.